The summed E-state index contributed by atoms with van der Waals surface area (Å²) in [6.07, 6.45) is 6.88. The first-order valence-electron chi connectivity index (χ1n) is 11.9. The normalized spacial score (nSPS) is 16.5. The van der Waals surface area contributed by atoms with Gasteiger partial charge in [-0.25, -0.2) is 0 Å². The predicted octanol–water partition coefficient (Wildman–Crippen LogP) is 4.37. The summed E-state index contributed by atoms with van der Waals surface area (Å²) in [6, 6.07) is 10.9. The largest absolute Gasteiger partial charge is 0.490 e. The van der Waals surface area contributed by atoms with Crippen LogP contribution in [0.25, 0.3) is 6.08 Å². The number of imide groups is 1. The molecule has 0 radical (unpaired) electrons. The van der Waals surface area contributed by atoms with Crippen molar-refractivity contribution in [2.45, 2.75) is 6.92 Å². The smallest absolute Gasteiger partial charge is 0.294 e. The fourth-order valence-corrected chi connectivity index (χ4v) is 5.38. The first-order chi connectivity index (χ1) is 18.4. The average molecular weight is 600 g/mol. The third-order valence-electron chi connectivity index (χ3n) is 5.63. The number of carbonyl (C=O) groups is 3. The molecule has 2 aromatic rings. The lowest BCUT2D eigenvalue weighted by molar-refractivity contribution is -0.127. The number of rotatable bonds is 9. The number of hydrogen-bond acceptors (Lipinski definition) is 8. The number of terminal acetylenes is 1. The third kappa shape index (κ3) is 6.51. The zero-order valence-electron chi connectivity index (χ0n) is 20.7. The minimum atomic E-state index is -0.543. The number of thioether (sulfide) groups is 1. The Labute approximate surface area is 233 Å². The number of para-hydroxylation sites is 2. The number of nitrogens with zero attached hydrogens (tertiary/aromatic N) is 2. The summed E-state index contributed by atoms with van der Waals surface area (Å²) in [5, 5.41) is 2.33. The number of amides is 3. The molecule has 3 amide bonds. The summed E-state index contributed by atoms with van der Waals surface area (Å²) in [5.74, 6) is 2.29. The van der Waals surface area contributed by atoms with E-state index in [9.17, 15) is 14.4 Å². The fraction of sp³-hybridized carbons (Fsp3) is 0.296. The molecule has 0 unspecified atom stereocenters. The molecule has 0 aliphatic carbocycles. The fourth-order valence-electron chi connectivity index (χ4n) is 3.97. The van der Waals surface area contributed by atoms with Gasteiger partial charge >= 0.3 is 0 Å². The van der Waals surface area contributed by atoms with Crippen molar-refractivity contribution in [3.05, 3.63) is 51.3 Å². The Morgan fingerprint density at radius 3 is 2.74 bits per heavy atom. The van der Waals surface area contributed by atoms with Crippen molar-refractivity contribution < 1.29 is 28.6 Å². The van der Waals surface area contributed by atoms with E-state index in [-0.39, 0.29) is 11.5 Å². The molecule has 2 aliphatic heterocycles. The highest BCUT2D eigenvalue weighted by atomic mass is 79.9. The van der Waals surface area contributed by atoms with E-state index in [1.165, 1.54) is 0 Å². The number of nitrogens with one attached hydrogen (secondary N) is 1. The van der Waals surface area contributed by atoms with Crippen molar-refractivity contribution >= 4 is 62.2 Å². The molecule has 2 heterocycles. The van der Waals surface area contributed by atoms with Crippen LogP contribution in [0, 0.1) is 12.3 Å². The SMILES string of the molecule is C#CCOc1c(Br)cc(/C=C2\SC(=O)N(CC(=O)Nc3ccccc3N3CCOCC3)C2=O)cc1OCC. The Balaban J connectivity index is 1.48. The number of ether oxygens (including phenoxy) is 3. The molecule has 2 fully saturated rings. The zero-order chi connectivity index (χ0) is 27.1. The molecular weight excluding hydrogens is 574 g/mol. The Hall–Kier alpha value is -3.46. The molecule has 0 bridgehead atoms. The van der Waals surface area contributed by atoms with Gasteiger partial charge in [-0.1, -0.05) is 18.1 Å². The lowest BCUT2D eigenvalue weighted by atomic mass is 10.2. The highest BCUT2D eigenvalue weighted by Crippen LogP contribution is 2.39. The summed E-state index contributed by atoms with van der Waals surface area (Å²) >= 11 is 4.23. The molecule has 4 rings (SSSR count). The van der Waals surface area contributed by atoms with Crippen LogP contribution in [0.1, 0.15) is 12.5 Å². The van der Waals surface area contributed by atoms with Gasteiger partial charge < -0.3 is 24.4 Å². The number of anilines is 2. The zero-order valence-corrected chi connectivity index (χ0v) is 23.1. The van der Waals surface area contributed by atoms with Gasteiger partial charge in [-0.3, -0.25) is 19.3 Å². The standard InChI is InChI=1S/C27H26BrN3O6S/c1-3-11-37-25-19(28)14-18(15-22(25)36-4-2)16-23-26(33)31(27(34)38-23)17-24(32)29-20-7-5-6-8-21(20)30-9-12-35-13-10-30/h1,5-8,14-16H,4,9-13,17H2,2H3,(H,29,32)/b23-16-. The van der Waals surface area contributed by atoms with E-state index in [4.69, 9.17) is 20.6 Å². The molecule has 0 aromatic heterocycles. The van der Waals surface area contributed by atoms with Gasteiger partial charge in [-0.05, 0) is 70.5 Å². The third-order valence-corrected chi connectivity index (χ3v) is 7.13. The Bertz CT molecular complexity index is 1300. The lowest BCUT2D eigenvalue weighted by Gasteiger charge is -2.30. The monoisotopic (exact) mass is 599 g/mol. The van der Waals surface area contributed by atoms with E-state index in [1.54, 1.807) is 24.3 Å². The first-order valence-corrected chi connectivity index (χ1v) is 13.5. The van der Waals surface area contributed by atoms with Crippen molar-refractivity contribution in [3.63, 3.8) is 0 Å². The van der Waals surface area contributed by atoms with Crippen LogP contribution in [-0.4, -0.2) is 68.0 Å². The van der Waals surface area contributed by atoms with Crippen LogP contribution in [-0.2, 0) is 14.3 Å². The van der Waals surface area contributed by atoms with Crippen molar-refractivity contribution in [3.8, 4) is 23.8 Å². The highest BCUT2D eigenvalue weighted by Gasteiger charge is 2.36. The van der Waals surface area contributed by atoms with Crippen LogP contribution in [0.3, 0.4) is 0 Å². The van der Waals surface area contributed by atoms with E-state index < -0.39 is 23.6 Å². The molecule has 2 saturated heterocycles. The second kappa shape index (κ2) is 12.9. The van der Waals surface area contributed by atoms with E-state index >= 15 is 0 Å². The van der Waals surface area contributed by atoms with Crippen LogP contribution in [0.15, 0.2) is 45.8 Å². The lowest BCUT2D eigenvalue weighted by Crippen LogP contribution is -2.38. The van der Waals surface area contributed by atoms with Gasteiger partial charge in [0.15, 0.2) is 11.5 Å². The molecule has 2 aliphatic rings. The number of carbonyl (C=O) groups excluding carboxylic acids is 3. The quantitative estimate of drug-likeness (QED) is 0.335. The summed E-state index contributed by atoms with van der Waals surface area (Å²) in [6.45, 7) is 4.52. The molecule has 0 saturated carbocycles. The molecule has 38 heavy (non-hydrogen) atoms. The number of benzene rings is 2. The van der Waals surface area contributed by atoms with Crippen molar-refractivity contribution in [1.82, 2.24) is 4.90 Å². The molecule has 0 spiro atoms. The van der Waals surface area contributed by atoms with E-state index in [1.807, 2.05) is 25.1 Å². The molecule has 0 atom stereocenters. The van der Waals surface area contributed by atoms with Crippen LogP contribution >= 0.6 is 27.7 Å². The Morgan fingerprint density at radius 1 is 1.24 bits per heavy atom. The van der Waals surface area contributed by atoms with Gasteiger partial charge in [0.25, 0.3) is 11.1 Å². The van der Waals surface area contributed by atoms with Crippen molar-refractivity contribution in [2.75, 3.05) is 56.3 Å². The van der Waals surface area contributed by atoms with Crippen LogP contribution < -0.4 is 19.7 Å². The maximum Gasteiger partial charge on any atom is 0.294 e. The minimum absolute atomic E-state index is 0.0654. The maximum atomic E-state index is 13.1. The van der Waals surface area contributed by atoms with Crippen molar-refractivity contribution in [1.29, 1.82) is 0 Å². The molecule has 1 N–H and O–H groups in total. The molecule has 198 valence electrons. The number of halogens is 1. The second-order valence-corrected chi connectivity index (χ2v) is 10.0. The van der Waals surface area contributed by atoms with E-state index in [0.717, 1.165) is 22.3 Å². The average Bonchev–Trinajstić information content (AvgIpc) is 3.16. The van der Waals surface area contributed by atoms with Gasteiger partial charge in [-0.2, -0.15) is 0 Å². The summed E-state index contributed by atoms with van der Waals surface area (Å²) in [4.78, 5) is 41.8. The number of hydrogen-bond donors (Lipinski definition) is 1. The van der Waals surface area contributed by atoms with Gasteiger partial charge in [0.2, 0.25) is 5.91 Å². The van der Waals surface area contributed by atoms with Gasteiger partial charge in [0.05, 0.1) is 40.6 Å². The van der Waals surface area contributed by atoms with Crippen LogP contribution in [0.5, 0.6) is 11.5 Å². The highest BCUT2D eigenvalue weighted by molar-refractivity contribution is 9.10. The molecule has 9 nitrogen and oxygen atoms in total. The van der Waals surface area contributed by atoms with E-state index in [0.29, 0.717) is 60.1 Å². The minimum Gasteiger partial charge on any atom is -0.490 e. The van der Waals surface area contributed by atoms with Crippen molar-refractivity contribution in [2.24, 2.45) is 0 Å². The topological polar surface area (TPSA) is 97.4 Å². The second-order valence-electron chi connectivity index (χ2n) is 8.19. The summed E-state index contributed by atoms with van der Waals surface area (Å²) in [7, 11) is 0. The number of morpholine rings is 1. The van der Waals surface area contributed by atoms with Gasteiger partial charge in [-0.15, -0.1) is 6.42 Å². The maximum absolute atomic E-state index is 13.1. The molecule has 2 aromatic carbocycles. The first kappa shape index (κ1) is 27.6. The summed E-state index contributed by atoms with van der Waals surface area (Å²) < 4.78 is 17.2. The summed E-state index contributed by atoms with van der Waals surface area (Å²) in [5.41, 5.74) is 2.09. The molecular formula is C27H26BrN3O6S. The predicted molar refractivity (Wildman–Crippen MR) is 150 cm³/mol. The molecule has 11 heteroatoms. The van der Waals surface area contributed by atoms with E-state index in [2.05, 4.69) is 32.1 Å². The Kier molecular flexibility index (Phi) is 9.33. The van der Waals surface area contributed by atoms with Crippen LogP contribution in [0.2, 0.25) is 0 Å². The van der Waals surface area contributed by atoms with Crippen LogP contribution in [0.4, 0.5) is 16.2 Å². The van der Waals surface area contributed by atoms with Gasteiger partial charge in [0, 0.05) is 13.1 Å². The van der Waals surface area contributed by atoms with Gasteiger partial charge in [0.1, 0.15) is 13.2 Å². The Morgan fingerprint density at radius 2 is 2.00 bits per heavy atom.